The number of alkyl halides is 4. The van der Waals surface area contributed by atoms with Crippen LogP contribution < -0.4 is 21.1 Å². The van der Waals surface area contributed by atoms with Gasteiger partial charge in [0.1, 0.15) is 29.4 Å². The molecule has 3 unspecified atom stereocenters. The Morgan fingerprint density at radius 3 is 2.51 bits per heavy atom. The molecule has 300 valence electrons. The Bertz CT molecular complexity index is 2430. The highest BCUT2D eigenvalue weighted by Crippen LogP contribution is 2.39. The first-order valence-electron chi connectivity index (χ1n) is 19.1. The molecule has 2 saturated heterocycles. The van der Waals surface area contributed by atoms with E-state index in [-0.39, 0.29) is 48.4 Å². The summed E-state index contributed by atoms with van der Waals surface area (Å²) in [5, 5.41) is 10.5. The average molecular weight is 791 g/mol. The third-order valence-electron chi connectivity index (χ3n) is 11.8. The lowest BCUT2D eigenvalue weighted by molar-refractivity contribution is -0.141. The number of imidazole rings is 1. The number of benzene rings is 2. The summed E-state index contributed by atoms with van der Waals surface area (Å²) in [7, 11) is 3.07. The SMILES string of the molecule is COc1cc2nn(C3CCC(CN4CCC(c5cccc6c5n(C)c(=O)n6C5CCC(=O)NC5=O)C(F)C4)CC3)cc2cc1NC(=O)c1cccc(C(F)(F)F)n1. The number of ether oxygens (including phenoxy) is 1. The first-order valence-corrected chi connectivity index (χ1v) is 19.1. The predicted molar refractivity (Wildman–Crippen MR) is 202 cm³/mol. The number of anilines is 1. The highest BCUT2D eigenvalue weighted by Gasteiger charge is 2.37. The van der Waals surface area contributed by atoms with Crippen molar-refractivity contribution in [1.29, 1.82) is 0 Å². The Kier molecular flexibility index (Phi) is 10.1. The van der Waals surface area contributed by atoms with Gasteiger partial charge in [-0.2, -0.15) is 18.3 Å². The van der Waals surface area contributed by atoms with Crippen molar-refractivity contribution in [2.75, 3.05) is 32.1 Å². The number of aromatic nitrogens is 5. The van der Waals surface area contributed by atoms with Crippen LogP contribution in [0.15, 0.2) is 59.5 Å². The van der Waals surface area contributed by atoms with Crippen LogP contribution >= 0.6 is 0 Å². The maximum absolute atomic E-state index is 16.1. The van der Waals surface area contributed by atoms with Crippen LogP contribution in [0.25, 0.3) is 21.9 Å². The Balaban J connectivity index is 0.892. The van der Waals surface area contributed by atoms with E-state index < -0.39 is 41.8 Å². The zero-order chi connectivity index (χ0) is 40.2. The Morgan fingerprint density at radius 1 is 1.02 bits per heavy atom. The second kappa shape index (κ2) is 15.1. The van der Waals surface area contributed by atoms with E-state index >= 15 is 4.39 Å². The standard InChI is InChI=1S/C40H42F4N8O5/c1-49-36-26(5-3-7-31(36)52(39(49)56)32-13-14-35(53)47-38(32)55)25-15-16-50(21-27(25)41)19-22-9-11-24(12-10-22)51-20-23-17-30(33(57-2)18-29(23)48-51)46-37(54)28-6-4-8-34(45-28)40(42,43)44/h3-8,17-18,20,22,24-25,27,32H,9-16,19,21H2,1-2H3,(H,46,54)(H,47,53,55). The van der Waals surface area contributed by atoms with Crippen LogP contribution in [-0.4, -0.2) is 79.4 Å². The molecule has 5 heterocycles. The number of nitrogens with one attached hydrogen (secondary N) is 2. The number of likely N-dealkylation sites (tertiary alicyclic amines) is 1. The number of imide groups is 1. The Morgan fingerprint density at radius 2 is 1.79 bits per heavy atom. The lowest BCUT2D eigenvalue weighted by Gasteiger charge is -2.38. The van der Waals surface area contributed by atoms with Gasteiger partial charge in [0.15, 0.2) is 0 Å². The van der Waals surface area contributed by atoms with Crippen molar-refractivity contribution in [3.05, 3.63) is 82.2 Å². The van der Waals surface area contributed by atoms with E-state index in [1.54, 1.807) is 31.3 Å². The van der Waals surface area contributed by atoms with Crippen LogP contribution in [0.1, 0.15) is 84.7 Å². The summed E-state index contributed by atoms with van der Waals surface area (Å²) < 4.78 is 66.0. The second-order valence-electron chi connectivity index (χ2n) is 15.3. The summed E-state index contributed by atoms with van der Waals surface area (Å²) in [5.74, 6) is -1.40. The number of fused-ring (bicyclic) bond motifs is 2. The zero-order valence-corrected chi connectivity index (χ0v) is 31.4. The third kappa shape index (κ3) is 7.40. The number of pyridine rings is 1. The molecule has 0 spiro atoms. The monoisotopic (exact) mass is 790 g/mol. The van der Waals surface area contributed by atoms with Gasteiger partial charge in [-0.1, -0.05) is 18.2 Å². The van der Waals surface area contributed by atoms with Crippen LogP contribution in [0.4, 0.5) is 23.2 Å². The normalized spacial score (nSPS) is 23.5. The van der Waals surface area contributed by atoms with Crippen LogP contribution in [0.3, 0.4) is 0 Å². The molecule has 0 bridgehead atoms. The van der Waals surface area contributed by atoms with Crippen LogP contribution in [0.5, 0.6) is 5.75 Å². The quantitative estimate of drug-likeness (QED) is 0.146. The molecule has 1 aliphatic carbocycles. The van der Waals surface area contributed by atoms with E-state index in [2.05, 4.69) is 20.5 Å². The fourth-order valence-corrected chi connectivity index (χ4v) is 8.87. The van der Waals surface area contributed by atoms with Crippen molar-refractivity contribution >= 4 is 45.3 Å². The van der Waals surface area contributed by atoms with Crippen molar-refractivity contribution in [3.63, 3.8) is 0 Å². The van der Waals surface area contributed by atoms with E-state index in [1.165, 1.54) is 22.3 Å². The molecule has 13 nitrogen and oxygen atoms in total. The van der Waals surface area contributed by atoms with Gasteiger partial charge in [-0.3, -0.25) is 33.5 Å². The summed E-state index contributed by atoms with van der Waals surface area (Å²) in [6.45, 7) is 1.76. The number of piperidine rings is 2. The Hall–Kier alpha value is -5.58. The largest absolute Gasteiger partial charge is 0.494 e. The molecule has 2 aliphatic heterocycles. The number of rotatable bonds is 8. The fourth-order valence-electron chi connectivity index (χ4n) is 8.87. The molecule has 2 aromatic carbocycles. The highest BCUT2D eigenvalue weighted by atomic mass is 19.4. The smallest absolute Gasteiger partial charge is 0.433 e. The molecule has 17 heteroatoms. The van der Waals surface area contributed by atoms with Crippen molar-refractivity contribution in [3.8, 4) is 5.75 Å². The van der Waals surface area contributed by atoms with E-state index in [1.807, 2.05) is 16.9 Å². The molecule has 2 N–H and O–H groups in total. The summed E-state index contributed by atoms with van der Waals surface area (Å²) in [5.41, 5.74) is 0.929. The number of hydrogen-bond donors (Lipinski definition) is 2. The van der Waals surface area contributed by atoms with E-state index in [9.17, 15) is 32.3 Å². The molecule has 3 aromatic heterocycles. The van der Waals surface area contributed by atoms with Crippen LogP contribution in [0.2, 0.25) is 0 Å². The van der Waals surface area contributed by atoms with Gasteiger partial charge >= 0.3 is 11.9 Å². The van der Waals surface area contributed by atoms with Crippen LogP contribution in [-0.2, 0) is 22.8 Å². The van der Waals surface area contributed by atoms with Gasteiger partial charge in [0.05, 0.1) is 35.4 Å². The van der Waals surface area contributed by atoms with E-state index in [0.717, 1.165) is 55.3 Å². The van der Waals surface area contributed by atoms with Gasteiger partial charge in [-0.25, -0.2) is 14.2 Å². The molecular formula is C40H42F4N8O5. The summed E-state index contributed by atoms with van der Waals surface area (Å²) in [4.78, 5) is 56.4. The number of amides is 3. The maximum atomic E-state index is 16.1. The predicted octanol–water partition coefficient (Wildman–Crippen LogP) is 5.90. The molecule has 3 aliphatic rings. The molecule has 5 aromatic rings. The van der Waals surface area contributed by atoms with Gasteiger partial charge in [0.25, 0.3) is 5.91 Å². The number of halogens is 4. The van der Waals surface area contributed by atoms with Gasteiger partial charge < -0.3 is 15.0 Å². The minimum absolute atomic E-state index is 0.131. The van der Waals surface area contributed by atoms with Gasteiger partial charge in [0, 0.05) is 50.1 Å². The summed E-state index contributed by atoms with van der Waals surface area (Å²) in [6, 6.07) is 11.3. The molecule has 3 amide bonds. The number of carbonyl (C=O) groups is 3. The first kappa shape index (κ1) is 38.3. The molecular weight excluding hydrogens is 748 g/mol. The minimum atomic E-state index is -4.69. The lowest BCUT2D eigenvalue weighted by Crippen LogP contribution is -2.44. The van der Waals surface area contributed by atoms with Crippen molar-refractivity contribution in [2.45, 2.75) is 75.3 Å². The lowest BCUT2D eigenvalue weighted by atomic mass is 9.83. The Labute approximate surface area is 324 Å². The molecule has 1 saturated carbocycles. The molecule has 3 atom stereocenters. The third-order valence-corrected chi connectivity index (χ3v) is 11.8. The molecule has 3 fully saturated rings. The number of hydrogen-bond acceptors (Lipinski definition) is 8. The summed E-state index contributed by atoms with van der Waals surface area (Å²) in [6.07, 6.45) is 0.610. The van der Waals surface area contributed by atoms with E-state index in [0.29, 0.717) is 41.2 Å². The molecule has 57 heavy (non-hydrogen) atoms. The highest BCUT2D eigenvalue weighted by molar-refractivity contribution is 6.05. The number of carbonyl (C=O) groups excluding carboxylic acids is 3. The summed E-state index contributed by atoms with van der Waals surface area (Å²) >= 11 is 0. The zero-order valence-electron chi connectivity index (χ0n) is 31.4. The number of nitrogens with zero attached hydrogens (tertiary/aromatic N) is 6. The van der Waals surface area contributed by atoms with Crippen molar-refractivity contribution < 1.29 is 36.7 Å². The fraction of sp³-hybridized carbons (Fsp3) is 0.450. The maximum Gasteiger partial charge on any atom is 0.433 e. The average Bonchev–Trinajstić information content (AvgIpc) is 3.71. The topological polar surface area (TPSA) is 145 Å². The number of para-hydroxylation sites is 1. The van der Waals surface area contributed by atoms with E-state index in [4.69, 9.17) is 9.84 Å². The van der Waals surface area contributed by atoms with Crippen LogP contribution in [0, 0.1) is 5.92 Å². The molecule has 8 rings (SSSR count). The first-order chi connectivity index (χ1) is 27.3. The van der Waals surface area contributed by atoms with Crippen molar-refractivity contribution in [1.82, 2.24) is 34.1 Å². The molecule has 0 radical (unpaired) electrons. The van der Waals surface area contributed by atoms with Gasteiger partial charge in [-0.15, -0.1) is 0 Å². The van der Waals surface area contributed by atoms with Gasteiger partial charge in [0.2, 0.25) is 11.8 Å². The minimum Gasteiger partial charge on any atom is -0.494 e. The van der Waals surface area contributed by atoms with Crippen molar-refractivity contribution in [2.24, 2.45) is 13.0 Å². The van der Waals surface area contributed by atoms with Gasteiger partial charge in [-0.05, 0) is 80.8 Å². The second-order valence-corrected chi connectivity index (χ2v) is 15.3. The number of methoxy groups -OCH3 is 1. The number of aryl methyl sites for hydroxylation is 1.